The molecular weight excluding hydrogens is 271 g/mol. The van der Waals surface area contributed by atoms with Crippen LogP contribution in [0.5, 0.6) is 5.88 Å². The van der Waals surface area contributed by atoms with Crippen LogP contribution in [0.25, 0.3) is 0 Å². The van der Waals surface area contributed by atoms with Crippen LogP contribution in [0.2, 0.25) is 10.2 Å². The van der Waals surface area contributed by atoms with Crippen LogP contribution in [-0.2, 0) is 0 Å². The predicted octanol–water partition coefficient (Wildman–Crippen LogP) is 3.44. The van der Waals surface area contributed by atoms with Gasteiger partial charge in [0, 0.05) is 23.2 Å². The molecular formula is C13H16Cl2N2O. The lowest BCUT2D eigenvalue weighted by atomic mass is 9.85. The quantitative estimate of drug-likeness (QED) is 0.846. The topological polar surface area (TPSA) is 34.1 Å². The number of aromatic nitrogens is 1. The standard InChI is InChI=1S/C13H16Cl2N2O/c14-8-4-12(15)17-13(5-8)18-11-6-9-2-1-3-10(7-11)16-9/h4-5,9-11,16H,1-3,6-7H2. The maximum Gasteiger partial charge on any atom is 0.216 e. The van der Waals surface area contributed by atoms with Gasteiger partial charge in [-0.05, 0) is 31.7 Å². The Bertz CT molecular complexity index is 409. The van der Waals surface area contributed by atoms with Gasteiger partial charge in [0.2, 0.25) is 5.88 Å². The molecule has 0 radical (unpaired) electrons. The molecule has 18 heavy (non-hydrogen) atoms. The second kappa shape index (κ2) is 5.24. The monoisotopic (exact) mass is 286 g/mol. The summed E-state index contributed by atoms with van der Waals surface area (Å²) < 4.78 is 5.93. The Morgan fingerprint density at radius 2 is 1.89 bits per heavy atom. The van der Waals surface area contributed by atoms with Gasteiger partial charge < -0.3 is 10.1 Å². The van der Waals surface area contributed by atoms with Gasteiger partial charge in [-0.15, -0.1) is 0 Å². The van der Waals surface area contributed by atoms with E-state index in [2.05, 4.69) is 10.3 Å². The number of ether oxygens (including phenoxy) is 1. The number of pyridine rings is 1. The minimum atomic E-state index is 0.226. The van der Waals surface area contributed by atoms with Crippen LogP contribution in [-0.4, -0.2) is 23.2 Å². The molecule has 5 heteroatoms. The Hall–Kier alpha value is -0.510. The van der Waals surface area contributed by atoms with Crippen LogP contribution >= 0.6 is 23.2 Å². The highest BCUT2D eigenvalue weighted by atomic mass is 35.5. The molecule has 3 nitrogen and oxygen atoms in total. The number of hydrogen-bond acceptors (Lipinski definition) is 3. The first-order valence-corrected chi connectivity index (χ1v) is 7.20. The molecule has 0 spiro atoms. The third-order valence-corrected chi connectivity index (χ3v) is 4.11. The molecule has 2 fully saturated rings. The van der Waals surface area contributed by atoms with Crippen molar-refractivity contribution in [2.24, 2.45) is 0 Å². The summed E-state index contributed by atoms with van der Waals surface area (Å²) in [6.45, 7) is 0. The molecule has 1 aromatic heterocycles. The van der Waals surface area contributed by atoms with E-state index in [4.69, 9.17) is 27.9 Å². The molecule has 0 aromatic carbocycles. The number of rotatable bonds is 2. The molecule has 2 atom stereocenters. The number of fused-ring (bicyclic) bond motifs is 2. The van der Waals surface area contributed by atoms with Gasteiger partial charge >= 0.3 is 0 Å². The maximum atomic E-state index is 5.95. The third kappa shape index (κ3) is 2.90. The van der Waals surface area contributed by atoms with E-state index in [-0.39, 0.29) is 6.10 Å². The Morgan fingerprint density at radius 3 is 2.56 bits per heavy atom. The molecule has 1 N–H and O–H groups in total. The van der Waals surface area contributed by atoms with E-state index in [1.807, 2.05) is 0 Å². The number of piperidine rings is 2. The smallest absolute Gasteiger partial charge is 0.216 e. The zero-order valence-corrected chi connectivity index (χ0v) is 11.5. The van der Waals surface area contributed by atoms with Gasteiger partial charge in [-0.1, -0.05) is 29.6 Å². The van der Waals surface area contributed by atoms with Crippen molar-refractivity contribution in [3.05, 3.63) is 22.3 Å². The fraction of sp³-hybridized carbons (Fsp3) is 0.615. The van der Waals surface area contributed by atoms with Gasteiger partial charge in [-0.25, -0.2) is 4.98 Å². The molecule has 2 saturated heterocycles. The molecule has 2 bridgehead atoms. The highest BCUT2D eigenvalue weighted by Crippen LogP contribution is 2.29. The lowest BCUT2D eigenvalue weighted by Crippen LogP contribution is -2.51. The van der Waals surface area contributed by atoms with Gasteiger partial charge in [0.25, 0.3) is 0 Å². The molecule has 2 unspecified atom stereocenters. The van der Waals surface area contributed by atoms with Crippen molar-refractivity contribution in [2.75, 3.05) is 0 Å². The Labute approximate surface area is 117 Å². The van der Waals surface area contributed by atoms with Crippen molar-refractivity contribution >= 4 is 23.2 Å². The molecule has 1 aromatic rings. The third-order valence-electron chi connectivity index (χ3n) is 3.69. The van der Waals surface area contributed by atoms with Crippen LogP contribution in [0.1, 0.15) is 32.1 Å². The molecule has 2 aliphatic heterocycles. The molecule has 3 heterocycles. The van der Waals surface area contributed by atoms with Crippen molar-refractivity contribution in [1.82, 2.24) is 10.3 Å². The molecule has 2 aliphatic rings. The summed E-state index contributed by atoms with van der Waals surface area (Å²) in [6, 6.07) is 4.53. The average Bonchev–Trinajstić information content (AvgIpc) is 2.26. The van der Waals surface area contributed by atoms with Gasteiger partial charge in [0.15, 0.2) is 0 Å². The largest absolute Gasteiger partial charge is 0.474 e. The number of nitrogens with zero attached hydrogens (tertiary/aromatic N) is 1. The summed E-state index contributed by atoms with van der Waals surface area (Å²) in [7, 11) is 0. The van der Waals surface area contributed by atoms with Crippen LogP contribution in [0.3, 0.4) is 0 Å². The van der Waals surface area contributed by atoms with Gasteiger partial charge in [-0.2, -0.15) is 0 Å². The van der Waals surface area contributed by atoms with E-state index in [9.17, 15) is 0 Å². The first-order chi connectivity index (χ1) is 8.69. The van der Waals surface area contributed by atoms with E-state index in [1.165, 1.54) is 19.3 Å². The van der Waals surface area contributed by atoms with Crippen molar-refractivity contribution < 1.29 is 4.74 Å². The first kappa shape index (κ1) is 12.5. The lowest BCUT2D eigenvalue weighted by molar-refractivity contribution is 0.0890. The SMILES string of the molecule is Clc1cc(Cl)nc(OC2CC3CCCC(C2)N3)c1. The summed E-state index contributed by atoms with van der Waals surface area (Å²) in [4.78, 5) is 4.16. The second-order valence-electron chi connectivity index (χ2n) is 5.15. The molecule has 3 rings (SSSR count). The van der Waals surface area contributed by atoms with Crippen molar-refractivity contribution in [3.63, 3.8) is 0 Å². The zero-order chi connectivity index (χ0) is 12.5. The van der Waals surface area contributed by atoms with E-state index < -0.39 is 0 Å². The van der Waals surface area contributed by atoms with Crippen molar-refractivity contribution in [1.29, 1.82) is 0 Å². The summed E-state index contributed by atoms with van der Waals surface area (Å²) in [6.07, 6.45) is 6.14. The zero-order valence-electron chi connectivity index (χ0n) is 10.0. The van der Waals surface area contributed by atoms with E-state index in [0.717, 1.165) is 12.8 Å². The van der Waals surface area contributed by atoms with Crippen LogP contribution in [0, 0.1) is 0 Å². The molecule has 0 amide bonds. The Morgan fingerprint density at radius 1 is 1.17 bits per heavy atom. The molecule has 0 saturated carbocycles. The summed E-state index contributed by atoms with van der Waals surface area (Å²) in [5, 5.41) is 4.59. The highest BCUT2D eigenvalue weighted by molar-refractivity contribution is 6.34. The van der Waals surface area contributed by atoms with E-state index >= 15 is 0 Å². The van der Waals surface area contributed by atoms with Gasteiger partial charge in [0.1, 0.15) is 11.3 Å². The van der Waals surface area contributed by atoms with Crippen LogP contribution < -0.4 is 10.1 Å². The minimum absolute atomic E-state index is 0.226. The normalized spacial score (nSPS) is 31.1. The van der Waals surface area contributed by atoms with Gasteiger partial charge in [0.05, 0.1) is 0 Å². The fourth-order valence-corrected chi connectivity index (χ4v) is 3.44. The maximum absolute atomic E-state index is 5.95. The lowest BCUT2D eigenvalue weighted by Gasteiger charge is -2.40. The van der Waals surface area contributed by atoms with Crippen LogP contribution in [0.4, 0.5) is 0 Å². The fourth-order valence-electron chi connectivity index (χ4n) is 2.98. The Balaban J connectivity index is 1.68. The number of nitrogens with one attached hydrogen (secondary N) is 1. The average molecular weight is 287 g/mol. The summed E-state index contributed by atoms with van der Waals surface area (Å²) in [5.74, 6) is 0.539. The van der Waals surface area contributed by atoms with Crippen molar-refractivity contribution in [2.45, 2.75) is 50.3 Å². The Kier molecular flexibility index (Phi) is 3.64. The van der Waals surface area contributed by atoms with Gasteiger partial charge in [-0.3, -0.25) is 0 Å². The van der Waals surface area contributed by atoms with E-state index in [0.29, 0.717) is 28.1 Å². The van der Waals surface area contributed by atoms with Crippen molar-refractivity contribution in [3.8, 4) is 5.88 Å². The predicted molar refractivity (Wildman–Crippen MR) is 72.5 cm³/mol. The minimum Gasteiger partial charge on any atom is -0.474 e. The van der Waals surface area contributed by atoms with E-state index in [1.54, 1.807) is 12.1 Å². The summed E-state index contributed by atoms with van der Waals surface area (Å²) in [5.41, 5.74) is 0. The number of hydrogen-bond donors (Lipinski definition) is 1. The highest BCUT2D eigenvalue weighted by Gasteiger charge is 2.32. The summed E-state index contributed by atoms with van der Waals surface area (Å²) >= 11 is 11.8. The first-order valence-electron chi connectivity index (χ1n) is 6.45. The van der Waals surface area contributed by atoms with Crippen LogP contribution in [0.15, 0.2) is 12.1 Å². The molecule has 0 aliphatic carbocycles. The second-order valence-corrected chi connectivity index (χ2v) is 5.97. The number of halogens is 2. The molecule has 98 valence electrons.